The minimum atomic E-state index is -0.230. The molecule has 5 nitrogen and oxygen atoms in total. The zero-order valence-electron chi connectivity index (χ0n) is 20.1. The van der Waals surface area contributed by atoms with Crippen LogP contribution < -0.4 is 4.90 Å². The van der Waals surface area contributed by atoms with Gasteiger partial charge in [0, 0.05) is 36.8 Å². The summed E-state index contributed by atoms with van der Waals surface area (Å²) in [6.45, 7) is 9.47. The summed E-state index contributed by atoms with van der Waals surface area (Å²) in [6, 6.07) is 9.26. The Labute approximate surface area is 188 Å². The van der Waals surface area contributed by atoms with E-state index >= 15 is 0 Å². The molecule has 1 unspecified atom stereocenters. The number of nitro groups is 1. The Bertz CT molecular complexity index is 780. The van der Waals surface area contributed by atoms with E-state index < -0.39 is 0 Å². The zero-order chi connectivity index (χ0) is 22.4. The fraction of sp³-hybridized carbons (Fsp3) is 0.769. The topological polar surface area (TPSA) is 49.6 Å². The maximum absolute atomic E-state index is 11.7. The Morgan fingerprint density at radius 2 is 1.58 bits per heavy atom. The first-order valence-electron chi connectivity index (χ1n) is 12.4. The monoisotopic (exact) mass is 427 g/mol. The second-order valence-corrected chi connectivity index (χ2v) is 11.5. The molecule has 3 atom stereocenters. The van der Waals surface area contributed by atoms with Crippen molar-refractivity contribution in [3.05, 3.63) is 34.4 Å². The number of anilines is 1. The van der Waals surface area contributed by atoms with Gasteiger partial charge in [-0.1, -0.05) is 39.8 Å². The number of hydrogen-bond donors (Lipinski definition) is 0. The molecule has 172 valence electrons. The lowest BCUT2D eigenvalue weighted by Crippen LogP contribution is -2.60. The van der Waals surface area contributed by atoms with E-state index in [1.54, 1.807) is 12.1 Å². The van der Waals surface area contributed by atoms with E-state index in [1.165, 1.54) is 38.5 Å². The van der Waals surface area contributed by atoms with Crippen LogP contribution in [0, 0.1) is 21.4 Å². The highest BCUT2D eigenvalue weighted by molar-refractivity contribution is 5.64. The van der Waals surface area contributed by atoms with Crippen molar-refractivity contribution in [1.29, 1.82) is 0 Å². The first kappa shape index (κ1) is 22.6. The van der Waals surface area contributed by atoms with E-state index in [1.807, 2.05) is 12.1 Å². The molecule has 3 aliphatic rings. The van der Waals surface area contributed by atoms with Gasteiger partial charge in [0.15, 0.2) is 0 Å². The van der Waals surface area contributed by atoms with Crippen molar-refractivity contribution < 1.29 is 4.92 Å². The van der Waals surface area contributed by atoms with Gasteiger partial charge in [-0.3, -0.25) is 15.0 Å². The number of piperidine rings is 1. The van der Waals surface area contributed by atoms with Crippen LogP contribution in [-0.2, 0) is 0 Å². The van der Waals surface area contributed by atoms with Gasteiger partial charge in [-0.05, 0) is 75.2 Å². The number of nitro benzene ring substituents is 1. The van der Waals surface area contributed by atoms with Gasteiger partial charge < -0.3 is 4.90 Å². The lowest BCUT2D eigenvalue weighted by molar-refractivity contribution is -0.384. The molecule has 2 aliphatic heterocycles. The van der Waals surface area contributed by atoms with Gasteiger partial charge >= 0.3 is 0 Å². The SMILES string of the molecule is CCC1(N(C)c2ccccc2[N+](=O)[O-])C[C@H]2CC[C@@H](C1)N2C1CCC(C(C)(C)C)CC1. The maximum atomic E-state index is 11.7. The molecule has 4 rings (SSSR count). The van der Waals surface area contributed by atoms with Crippen LogP contribution in [0.4, 0.5) is 11.4 Å². The molecule has 1 aromatic rings. The molecule has 31 heavy (non-hydrogen) atoms. The molecule has 0 amide bonds. The molecule has 1 aromatic carbocycles. The second kappa shape index (κ2) is 8.38. The van der Waals surface area contributed by atoms with Crippen LogP contribution in [0.25, 0.3) is 0 Å². The first-order valence-corrected chi connectivity index (χ1v) is 12.4. The standard InChI is InChI=1S/C26H41N3O2/c1-6-26(27(5)23-9-7-8-10-24(23)29(30)31)17-21-15-16-22(18-26)28(21)20-13-11-19(12-14-20)25(2,3)4/h7-10,19-22H,6,11-18H2,1-5H3/t19?,20?,21-,22+,26?. The number of nitrogens with zero attached hydrogens (tertiary/aromatic N) is 3. The highest BCUT2D eigenvalue weighted by Gasteiger charge is 2.52. The molecule has 0 aromatic heterocycles. The van der Waals surface area contributed by atoms with Crippen LogP contribution in [0.5, 0.6) is 0 Å². The van der Waals surface area contributed by atoms with Crippen LogP contribution in [0.3, 0.4) is 0 Å². The Morgan fingerprint density at radius 1 is 1.03 bits per heavy atom. The minimum absolute atomic E-state index is 0.0110. The summed E-state index contributed by atoms with van der Waals surface area (Å²) in [4.78, 5) is 16.6. The molecule has 1 aliphatic carbocycles. The third-order valence-electron chi connectivity index (χ3n) is 9.06. The minimum Gasteiger partial charge on any atom is -0.363 e. The Morgan fingerprint density at radius 3 is 2.10 bits per heavy atom. The normalized spacial score (nSPS) is 34.0. The fourth-order valence-corrected chi connectivity index (χ4v) is 7.15. The summed E-state index contributed by atoms with van der Waals surface area (Å²) >= 11 is 0. The highest BCUT2D eigenvalue weighted by atomic mass is 16.6. The second-order valence-electron chi connectivity index (χ2n) is 11.5. The number of benzene rings is 1. The summed E-state index contributed by atoms with van der Waals surface area (Å²) in [5, 5.41) is 11.7. The molecule has 1 saturated carbocycles. The molecular formula is C26H41N3O2. The van der Waals surface area contributed by atoms with Crippen molar-refractivity contribution in [2.24, 2.45) is 11.3 Å². The van der Waals surface area contributed by atoms with Crippen LogP contribution >= 0.6 is 0 Å². The number of rotatable bonds is 5. The molecule has 2 bridgehead atoms. The molecule has 2 heterocycles. The average molecular weight is 428 g/mol. The Kier molecular flexibility index (Phi) is 6.10. The molecule has 0 N–H and O–H groups in total. The lowest BCUT2D eigenvalue weighted by atomic mass is 9.70. The van der Waals surface area contributed by atoms with Crippen LogP contribution in [0.15, 0.2) is 24.3 Å². The Balaban J connectivity index is 1.52. The fourth-order valence-electron chi connectivity index (χ4n) is 7.15. The predicted molar refractivity (Wildman–Crippen MR) is 128 cm³/mol. The van der Waals surface area contributed by atoms with Gasteiger partial charge in [0.1, 0.15) is 5.69 Å². The largest absolute Gasteiger partial charge is 0.363 e. The van der Waals surface area contributed by atoms with Crippen LogP contribution in [0.2, 0.25) is 0 Å². The predicted octanol–water partition coefficient (Wildman–Crippen LogP) is 6.41. The van der Waals surface area contributed by atoms with Crippen molar-refractivity contribution >= 4 is 11.4 Å². The summed E-state index contributed by atoms with van der Waals surface area (Å²) in [5.74, 6) is 0.852. The van der Waals surface area contributed by atoms with Gasteiger partial charge in [0.2, 0.25) is 0 Å². The number of hydrogen-bond acceptors (Lipinski definition) is 4. The lowest BCUT2D eigenvalue weighted by Gasteiger charge is -2.54. The van der Waals surface area contributed by atoms with Gasteiger partial charge in [-0.2, -0.15) is 0 Å². The quantitative estimate of drug-likeness (QED) is 0.402. The van der Waals surface area contributed by atoms with Crippen LogP contribution in [0.1, 0.15) is 85.5 Å². The van der Waals surface area contributed by atoms with E-state index in [-0.39, 0.29) is 16.1 Å². The van der Waals surface area contributed by atoms with Crippen molar-refractivity contribution in [2.75, 3.05) is 11.9 Å². The van der Waals surface area contributed by atoms with Gasteiger partial charge in [0.05, 0.1) is 4.92 Å². The van der Waals surface area contributed by atoms with Crippen molar-refractivity contribution in [1.82, 2.24) is 4.90 Å². The summed E-state index contributed by atoms with van der Waals surface area (Å²) in [6.07, 6.45) is 11.3. The molecule has 0 spiro atoms. The molecule has 3 fully saturated rings. The molecule has 5 heteroatoms. The van der Waals surface area contributed by atoms with Crippen molar-refractivity contribution in [3.63, 3.8) is 0 Å². The summed E-state index contributed by atoms with van der Waals surface area (Å²) in [5.41, 5.74) is 1.44. The van der Waals surface area contributed by atoms with Crippen molar-refractivity contribution in [2.45, 2.75) is 109 Å². The van der Waals surface area contributed by atoms with Crippen LogP contribution in [-0.4, -0.2) is 40.5 Å². The first-order chi connectivity index (χ1) is 14.7. The summed E-state index contributed by atoms with van der Waals surface area (Å²) < 4.78 is 0. The van der Waals surface area contributed by atoms with Gasteiger partial charge in [0.25, 0.3) is 5.69 Å². The third kappa shape index (κ3) is 4.10. The van der Waals surface area contributed by atoms with E-state index in [0.717, 1.165) is 36.9 Å². The molecule has 2 saturated heterocycles. The van der Waals surface area contributed by atoms with E-state index in [4.69, 9.17) is 0 Å². The smallest absolute Gasteiger partial charge is 0.292 e. The third-order valence-corrected chi connectivity index (χ3v) is 9.06. The zero-order valence-corrected chi connectivity index (χ0v) is 20.1. The van der Waals surface area contributed by atoms with Gasteiger partial charge in [-0.25, -0.2) is 0 Å². The van der Waals surface area contributed by atoms with Crippen molar-refractivity contribution in [3.8, 4) is 0 Å². The molecular weight excluding hydrogens is 386 g/mol. The average Bonchev–Trinajstić information content (AvgIpc) is 3.03. The maximum Gasteiger partial charge on any atom is 0.292 e. The van der Waals surface area contributed by atoms with Gasteiger partial charge in [-0.15, -0.1) is 0 Å². The van der Waals surface area contributed by atoms with E-state index in [9.17, 15) is 10.1 Å². The molecule has 0 radical (unpaired) electrons. The van der Waals surface area contributed by atoms with E-state index in [2.05, 4.69) is 44.5 Å². The summed E-state index contributed by atoms with van der Waals surface area (Å²) in [7, 11) is 2.09. The number of para-hydroxylation sites is 2. The van der Waals surface area contributed by atoms with E-state index in [0.29, 0.717) is 17.5 Å². The highest BCUT2D eigenvalue weighted by Crippen LogP contribution is 2.50. The Hall–Kier alpha value is -1.62. The number of fused-ring (bicyclic) bond motifs is 2.